The Morgan fingerprint density at radius 2 is 1.30 bits per heavy atom. The molecule has 2 heterocycles. The number of fused-ring (bicyclic) bond motifs is 6. The summed E-state index contributed by atoms with van der Waals surface area (Å²) in [5, 5.41) is 4.45. The van der Waals surface area contributed by atoms with Gasteiger partial charge in [0.15, 0.2) is 5.84 Å². The third kappa shape index (κ3) is 5.34. The van der Waals surface area contributed by atoms with Gasteiger partial charge < -0.3 is 10.2 Å². The summed E-state index contributed by atoms with van der Waals surface area (Å²) in [5.74, 6) is 0.962. The van der Waals surface area contributed by atoms with E-state index in [9.17, 15) is 0 Å². The molecule has 0 aliphatic heterocycles. The fourth-order valence-electron chi connectivity index (χ4n) is 6.79. The Hall–Kier alpha value is -6.30. The van der Waals surface area contributed by atoms with Gasteiger partial charge in [-0.05, 0) is 52.6 Å². The summed E-state index contributed by atoms with van der Waals surface area (Å²) >= 11 is 1.81. The quantitative estimate of drug-likeness (QED) is 0.142. The van der Waals surface area contributed by atoms with Crippen molar-refractivity contribution < 1.29 is 4.42 Å². The van der Waals surface area contributed by atoms with E-state index in [4.69, 9.17) is 20.1 Å². The predicted octanol–water partition coefficient (Wildman–Crippen LogP) is 11.6. The van der Waals surface area contributed by atoms with Crippen LogP contribution in [-0.2, 0) is 6.54 Å². The molecule has 9 aromatic rings. The van der Waals surface area contributed by atoms with E-state index >= 15 is 0 Å². The second-order valence-corrected chi connectivity index (χ2v) is 13.4. The van der Waals surface area contributed by atoms with Crippen LogP contribution in [0.5, 0.6) is 0 Å². The van der Waals surface area contributed by atoms with Gasteiger partial charge in [-0.2, -0.15) is 0 Å². The molecule has 0 saturated carbocycles. The van der Waals surface area contributed by atoms with Crippen LogP contribution in [0.1, 0.15) is 16.7 Å². The van der Waals surface area contributed by atoms with Crippen molar-refractivity contribution in [1.29, 1.82) is 0 Å². The maximum Gasteiger partial charge on any atom is 0.157 e. The first-order chi connectivity index (χ1) is 24.7. The van der Waals surface area contributed by atoms with Crippen molar-refractivity contribution in [3.8, 4) is 22.3 Å². The predicted molar refractivity (Wildman–Crippen MR) is 211 cm³/mol. The van der Waals surface area contributed by atoms with Crippen LogP contribution in [0.2, 0.25) is 0 Å². The standard InChI is InChI=1S/C45H31N3OS/c46-44(48-45(31-17-8-3-9-18-31)47-28-33-19-12-21-36-35-20-10-11-22-40(35)50-43(33)36)37-25-24-34(30-15-6-2-7-16-30)42-41(37)38-27-32(23-26-39(38)49-42)29-13-4-1-5-14-29/h1-27H,28H2,(H2,46,47,48). The molecule has 9 rings (SSSR count). The monoisotopic (exact) mass is 661 g/mol. The van der Waals surface area contributed by atoms with Crippen LogP contribution >= 0.6 is 11.3 Å². The Balaban J connectivity index is 1.21. The summed E-state index contributed by atoms with van der Waals surface area (Å²) in [6, 6.07) is 56.3. The van der Waals surface area contributed by atoms with Gasteiger partial charge in [0.1, 0.15) is 17.0 Å². The number of nitrogens with zero attached hydrogens (tertiary/aromatic N) is 2. The molecule has 0 bridgehead atoms. The minimum absolute atomic E-state index is 0.380. The molecule has 0 fully saturated rings. The SMILES string of the molecule is NC(=NC(=NCc1cccc2c1sc1ccccc12)c1ccccc1)c1ccc(-c2ccccc2)c2oc3ccc(-c4ccccc4)cc3c12. The van der Waals surface area contributed by atoms with Crippen molar-refractivity contribution in [2.24, 2.45) is 15.7 Å². The molecule has 0 aliphatic rings. The minimum Gasteiger partial charge on any atom is -0.455 e. The summed E-state index contributed by atoms with van der Waals surface area (Å²) in [7, 11) is 0. The van der Waals surface area contributed by atoms with E-state index in [-0.39, 0.29) is 0 Å². The van der Waals surface area contributed by atoms with Gasteiger partial charge in [0.05, 0.1) is 6.54 Å². The molecule has 0 saturated heterocycles. The molecule has 2 N–H and O–H groups in total. The van der Waals surface area contributed by atoms with E-state index in [0.29, 0.717) is 18.2 Å². The first-order valence-corrected chi connectivity index (χ1v) is 17.5. The van der Waals surface area contributed by atoms with Crippen LogP contribution in [0.15, 0.2) is 178 Å². The van der Waals surface area contributed by atoms with Crippen LogP contribution in [-0.4, -0.2) is 11.7 Å². The highest BCUT2D eigenvalue weighted by molar-refractivity contribution is 7.26. The van der Waals surface area contributed by atoms with E-state index in [1.54, 1.807) is 0 Å². The molecule has 0 unspecified atom stereocenters. The molecule has 238 valence electrons. The Kier molecular flexibility index (Phi) is 7.52. The fraction of sp³-hybridized carbons (Fsp3) is 0.0222. The summed E-state index contributed by atoms with van der Waals surface area (Å²) < 4.78 is 9.16. The van der Waals surface area contributed by atoms with Crippen molar-refractivity contribution in [1.82, 2.24) is 0 Å². The molecule has 2 aromatic heterocycles. The lowest BCUT2D eigenvalue weighted by Gasteiger charge is -2.10. The first kappa shape index (κ1) is 29.8. The zero-order valence-corrected chi connectivity index (χ0v) is 27.9. The number of benzene rings is 7. The van der Waals surface area contributed by atoms with Gasteiger partial charge in [-0.25, -0.2) is 4.99 Å². The zero-order chi connectivity index (χ0) is 33.4. The van der Waals surface area contributed by atoms with Gasteiger partial charge in [-0.15, -0.1) is 11.3 Å². The molecule has 0 atom stereocenters. The van der Waals surface area contributed by atoms with E-state index < -0.39 is 0 Å². The summed E-state index contributed by atoms with van der Waals surface area (Å²) in [4.78, 5) is 10.2. The summed E-state index contributed by atoms with van der Waals surface area (Å²) in [5.41, 5.74) is 15.8. The zero-order valence-electron chi connectivity index (χ0n) is 27.1. The van der Waals surface area contributed by atoms with E-state index in [1.807, 2.05) is 65.9 Å². The van der Waals surface area contributed by atoms with Gasteiger partial charge in [0.2, 0.25) is 0 Å². The van der Waals surface area contributed by atoms with Gasteiger partial charge in [-0.3, -0.25) is 4.99 Å². The van der Waals surface area contributed by atoms with Crippen molar-refractivity contribution >= 4 is 65.1 Å². The lowest BCUT2D eigenvalue weighted by molar-refractivity contribution is 0.670. The Morgan fingerprint density at radius 1 is 0.600 bits per heavy atom. The maximum absolute atomic E-state index is 7.03. The number of amidine groups is 2. The van der Waals surface area contributed by atoms with Gasteiger partial charge in [-0.1, -0.05) is 133 Å². The van der Waals surface area contributed by atoms with Crippen molar-refractivity contribution in [3.63, 3.8) is 0 Å². The second kappa shape index (κ2) is 12.6. The number of hydrogen-bond acceptors (Lipinski definition) is 3. The number of aliphatic imine (C=N–C) groups is 2. The molecule has 50 heavy (non-hydrogen) atoms. The highest BCUT2D eigenvalue weighted by Gasteiger charge is 2.19. The molecule has 0 radical (unpaired) electrons. The topological polar surface area (TPSA) is 63.9 Å². The largest absolute Gasteiger partial charge is 0.455 e. The molecule has 5 heteroatoms. The van der Waals surface area contributed by atoms with E-state index in [2.05, 4.69) is 109 Å². The Morgan fingerprint density at radius 3 is 2.10 bits per heavy atom. The van der Waals surface area contributed by atoms with Crippen LogP contribution in [0, 0.1) is 0 Å². The third-order valence-electron chi connectivity index (χ3n) is 9.23. The average Bonchev–Trinajstić information content (AvgIpc) is 3.76. The molecule has 0 amide bonds. The normalized spacial score (nSPS) is 12.4. The van der Waals surface area contributed by atoms with Gasteiger partial charge >= 0.3 is 0 Å². The minimum atomic E-state index is 0.380. The first-order valence-electron chi connectivity index (χ1n) is 16.6. The number of rotatable bonds is 6. The van der Waals surface area contributed by atoms with Crippen LogP contribution in [0.25, 0.3) is 64.4 Å². The van der Waals surface area contributed by atoms with Crippen LogP contribution in [0.3, 0.4) is 0 Å². The highest BCUT2D eigenvalue weighted by atomic mass is 32.1. The Bertz CT molecular complexity index is 2730. The molecule has 0 spiro atoms. The highest BCUT2D eigenvalue weighted by Crippen LogP contribution is 2.40. The van der Waals surface area contributed by atoms with E-state index in [0.717, 1.165) is 60.9 Å². The number of nitrogens with two attached hydrogens (primary N) is 1. The van der Waals surface area contributed by atoms with E-state index in [1.165, 1.54) is 20.2 Å². The van der Waals surface area contributed by atoms with Crippen LogP contribution in [0.4, 0.5) is 0 Å². The van der Waals surface area contributed by atoms with Gasteiger partial charge in [0, 0.05) is 47.6 Å². The number of furan rings is 1. The van der Waals surface area contributed by atoms with Crippen molar-refractivity contribution in [3.05, 3.63) is 180 Å². The molecular formula is C45H31N3OS. The smallest absolute Gasteiger partial charge is 0.157 e. The number of thiophene rings is 1. The lowest BCUT2D eigenvalue weighted by Crippen LogP contribution is -2.17. The molecule has 7 aromatic carbocycles. The van der Waals surface area contributed by atoms with Crippen molar-refractivity contribution in [2.45, 2.75) is 6.54 Å². The average molecular weight is 662 g/mol. The number of hydrogen-bond donors (Lipinski definition) is 1. The van der Waals surface area contributed by atoms with Crippen LogP contribution < -0.4 is 5.73 Å². The summed E-state index contributed by atoms with van der Waals surface area (Å²) in [6.45, 7) is 0.475. The maximum atomic E-state index is 7.03. The molecular weight excluding hydrogens is 631 g/mol. The van der Waals surface area contributed by atoms with Gasteiger partial charge in [0.25, 0.3) is 0 Å². The van der Waals surface area contributed by atoms with Crippen molar-refractivity contribution in [2.75, 3.05) is 0 Å². The summed E-state index contributed by atoms with van der Waals surface area (Å²) in [6.07, 6.45) is 0. The molecule has 0 aliphatic carbocycles. The Labute approximate surface area is 293 Å². The third-order valence-corrected chi connectivity index (χ3v) is 10.5. The second-order valence-electron chi connectivity index (χ2n) is 12.3. The fourth-order valence-corrected chi connectivity index (χ4v) is 8.00. The molecule has 4 nitrogen and oxygen atoms in total. The lowest BCUT2D eigenvalue weighted by atomic mass is 9.96.